The largest absolute Gasteiger partial charge is 0.431 e. The normalized spacial score (nSPS) is 10.7. The zero-order valence-electron chi connectivity index (χ0n) is 14.0. The molecule has 0 aliphatic carbocycles. The second-order valence-corrected chi connectivity index (χ2v) is 6.30. The van der Waals surface area contributed by atoms with Gasteiger partial charge in [-0.2, -0.15) is 0 Å². The molecule has 0 fully saturated rings. The number of nitrogens with zero attached hydrogens (tertiary/aromatic N) is 1. The molecule has 0 aliphatic rings. The van der Waals surface area contributed by atoms with Crippen molar-refractivity contribution in [2.24, 2.45) is 0 Å². The summed E-state index contributed by atoms with van der Waals surface area (Å²) in [5.74, 6) is -0.685. The second kappa shape index (κ2) is 8.50. The maximum Gasteiger partial charge on any atom is 0.269 e. The van der Waals surface area contributed by atoms with Crippen molar-refractivity contribution in [1.82, 2.24) is 15.8 Å². The monoisotopic (exact) mass is 371 g/mol. The third kappa shape index (κ3) is 4.62. The van der Waals surface area contributed by atoms with E-state index in [1.807, 2.05) is 24.3 Å². The molecule has 0 atom stereocenters. The molecular weight excluding hydrogens is 354 g/mol. The molecular formula is C18H17N3O4S. The van der Waals surface area contributed by atoms with Crippen molar-refractivity contribution >= 4 is 34.7 Å². The van der Waals surface area contributed by atoms with Crippen LogP contribution >= 0.6 is 11.8 Å². The van der Waals surface area contributed by atoms with E-state index in [1.54, 1.807) is 31.4 Å². The van der Waals surface area contributed by atoms with Crippen LogP contribution in [0.5, 0.6) is 0 Å². The van der Waals surface area contributed by atoms with Crippen molar-refractivity contribution in [2.75, 3.05) is 12.9 Å². The molecule has 7 nitrogen and oxygen atoms in total. The SMILES string of the molecule is COCc1ccc(C(=O)NNC(=O)CSc2nc3ccccc3o2)cc1. The average Bonchev–Trinajstić information content (AvgIpc) is 3.08. The molecule has 0 unspecified atom stereocenters. The first-order chi connectivity index (χ1) is 12.7. The average molecular weight is 371 g/mol. The van der Waals surface area contributed by atoms with E-state index < -0.39 is 5.91 Å². The minimum atomic E-state index is -0.394. The minimum absolute atomic E-state index is 0.0693. The summed E-state index contributed by atoms with van der Waals surface area (Å²) < 4.78 is 10.5. The van der Waals surface area contributed by atoms with Crippen LogP contribution in [0.25, 0.3) is 11.1 Å². The first-order valence-corrected chi connectivity index (χ1v) is 8.79. The molecule has 0 spiro atoms. The van der Waals surface area contributed by atoms with E-state index in [2.05, 4.69) is 15.8 Å². The van der Waals surface area contributed by atoms with Gasteiger partial charge >= 0.3 is 0 Å². The number of rotatable bonds is 6. The lowest BCUT2D eigenvalue weighted by atomic mass is 10.1. The van der Waals surface area contributed by atoms with Gasteiger partial charge in [-0.1, -0.05) is 36.0 Å². The van der Waals surface area contributed by atoms with Gasteiger partial charge in [-0.05, 0) is 29.8 Å². The maximum atomic E-state index is 12.0. The Hall–Kier alpha value is -2.84. The third-order valence-electron chi connectivity index (χ3n) is 3.44. The fraction of sp³-hybridized carbons (Fsp3) is 0.167. The molecule has 2 aromatic carbocycles. The van der Waals surface area contributed by atoms with Crippen LogP contribution in [0.1, 0.15) is 15.9 Å². The number of para-hydroxylation sites is 2. The predicted octanol–water partition coefficient (Wildman–Crippen LogP) is 2.53. The highest BCUT2D eigenvalue weighted by molar-refractivity contribution is 7.99. The van der Waals surface area contributed by atoms with Crippen LogP contribution in [0.3, 0.4) is 0 Å². The molecule has 26 heavy (non-hydrogen) atoms. The molecule has 2 amide bonds. The lowest BCUT2D eigenvalue weighted by Crippen LogP contribution is -2.42. The Kier molecular flexibility index (Phi) is 5.88. The van der Waals surface area contributed by atoms with Gasteiger partial charge in [0, 0.05) is 12.7 Å². The van der Waals surface area contributed by atoms with Crippen molar-refractivity contribution < 1.29 is 18.7 Å². The molecule has 0 saturated carbocycles. The predicted molar refractivity (Wildman–Crippen MR) is 97.5 cm³/mol. The van der Waals surface area contributed by atoms with Crippen LogP contribution in [0.4, 0.5) is 0 Å². The molecule has 3 rings (SSSR count). The van der Waals surface area contributed by atoms with Crippen LogP contribution < -0.4 is 10.9 Å². The van der Waals surface area contributed by atoms with E-state index in [9.17, 15) is 9.59 Å². The van der Waals surface area contributed by atoms with Crippen LogP contribution in [-0.2, 0) is 16.1 Å². The van der Waals surface area contributed by atoms with Gasteiger partial charge in [0.15, 0.2) is 5.58 Å². The van der Waals surface area contributed by atoms with E-state index in [0.717, 1.165) is 22.8 Å². The van der Waals surface area contributed by atoms with E-state index in [-0.39, 0.29) is 11.7 Å². The maximum absolute atomic E-state index is 12.0. The number of carbonyl (C=O) groups is 2. The highest BCUT2D eigenvalue weighted by atomic mass is 32.2. The van der Waals surface area contributed by atoms with E-state index in [0.29, 0.717) is 23.0 Å². The van der Waals surface area contributed by atoms with E-state index in [4.69, 9.17) is 9.15 Å². The molecule has 0 radical (unpaired) electrons. The van der Waals surface area contributed by atoms with Crippen molar-refractivity contribution in [2.45, 2.75) is 11.8 Å². The molecule has 1 aromatic heterocycles. The smallest absolute Gasteiger partial charge is 0.269 e. The number of hydrogen-bond acceptors (Lipinski definition) is 6. The number of carbonyl (C=O) groups excluding carboxylic acids is 2. The highest BCUT2D eigenvalue weighted by Crippen LogP contribution is 2.22. The number of hydrogen-bond donors (Lipinski definition) is 2. The van der Waals surface area contributed by atoms with Gasteiger partial charge in [-0.15, -0.1) is 0 Å². The summed E-state index contributed by atoms with van der Waals surface area (Å²) in [6.45, 7) is 0.478. The first kappa shape index (κ1) is 18.0. The van der Waals surface area contributed by atoms with Gasteiger partial charge < -0.3 is 9.15 Å². The van der Waals surface area contributed by atoms with Crippen LogP contribution in [-0.4, -0.2) is 29.7 Å². The number of thioether (sulfide) groups is 1. The molecule has 0 bridgehead atoms. The van der Waals surface area contributed by atoms with Gasteiger partial charge in [0.2, 0.25) is 5.91 Å². The van der Waals surface area contributed by atoms with Gasteiger partial charge in [-0.3, -0.25) is 20.4 Å². The Morgan fingerprint density at radius 3 is 2.62 bits per heavy atom. The Morgan fingerprint density at radius 1 is 1.12 bits per heavy atom. The number of fused-ring (bicyclic) bond motifs is 1. The molecule has 0 saturated heterocycles. The number of methoxy groups -OCH3 is 1. The molecule has 3 aromatic rings. The quantitative estimate of drug-likeness (QED) is 0.511. The summed E-state index contributed by atoms with van der Waals surface area (Å²) in [7, 11) is 1.61. The second-order valence-electron chi connectivity index (χ2n) is 5.37. The summed E-state index contributed by atoms with van der Waals surface area (Å²) in [5, 5.41) is 0.404. The van der Waals surface area contributed by atoms with Crippen molar-refractivity contribution in [3.05, 3.63) is 59.7 Å². The summed E-state index contributed by atoms with van der Waals surface area (Å²) in [6.07, 6.45) is 0. The molecule has 0 aliphatic heterocycles. The Labute approximate surface area is 154 Å². The Morgan fingerprint density at radius 2 is 1.88 bits per heavy atom. The minimum Gasteiger partial charge on any atom is -0.431 e. The van der Waals surface area contributed by atoms with Gasteiger partial charge in [0.05, 0.1) is 12.4 Å². The van der Waals surface area contributed by atoms with Gasteiger partial charge in [-0.25, -0.2) is 4.98 Å². The summed E-state index contributed by atoms with van der Waals surface area (Å²) in [4.78, 5) is 28.2. The number of ether oxygens (including phenoxy) is 1. The first-order valence-electron chi connectivity index (χ1n) is 7.81. The van der Waals surface area contributed by atoms with Crippen molar-refractivity contribution in [1.29, 1.82) is 0 Å². The Balaban J connectivity index is 1.46. The third-order valence-corrected chi connectivity index (χ3v) is 4.27. The van der Waals surface area contributed by atoms with E-state index in [1.165, 1.54) is 0 Å². The van der Waals surface area contributed by atoms with Gasteiger partial charge in [0.25, 0.3) is 11.1 Å². The van der Waals surface area contributed by atoms with Crippen LogP contribution in [0.15, 0.2) is 58.2 Å². The number of nitrogens with one attached hydrogen (secondary N) is 2. The number of benzene rings is 2. The number of oxazole rings is 1. The summed E-state index contributed by atoms with van der Waals surface area (Å²) in [5.41, 5.74) is 7.56. The number of amides is 2. The van der Waals surface area contributed by atoms with Crippen LogP contribution in [0.2, 0.25) is 0 Å². The fourth-order valence-corrected chi connectivity index (χ4v) is 2.83. The number of hydrazine groups is 1. The zero-order chi connectivity index (χ0) is 18.4. The Bertz CT molecular complexity index is 875. The van der Waals surface area contributed by atoms with Crippen molar-refractivity contribution in [3.8, 4) is 0 Å². The molecule has 134 valence electrons. The summed E-state index contributed by atoms with van der Waals surface area (Å²) in [6, 6.07) is 14.3. The molecule has 8 heteroatoms. The fourth-order valence-electron chi connectivity index (χ4n) is 2.19. The molecule has 1 heterocycles. The zero-order valence-corrected chi connectivity index (χ0v) is 14.8. The molecule has 2 N–H and O–H groups in total. The van der Waals surface area contributed by atoms with E-state index >= 15 is 0 Å². The lowest BCUT2D eigenvalue weighted by Gasteiger charge is -2.07. The number of aromatic nitrogens is 1. The summed E-state index contributed by atoms with van der Waals surface area (Å²) >= 11 is 1.15. The standard InChI is InChI=1S/C18H17N3O4S/c1-24-10-12-6-8-13(9-7-12)17(23)21-20-16(22)11-26-18-19-14-4-2-3-5-15(14)25-18/h2-9H,10-11H2,1H3,(H,20,22)(H,21,23). The lowest BCUT2D eigenvalue weighted by molar-refractivity contribution is -0.119. The van der Waals surface area contributed by atoms with Crippen molar-refractivity contribution in [3.63, 3.8) is 0 Å². The van der Waals surface area contributed by atoms with Gasteiger partial charge in [0.1, 0.15) is 5.52 Å². The highest BCUT2D eigenvalue weighted by Gasteiger charge is 2.11. The topological polar surface area (TPSA) is 93.5 Å². The van der Waals surface area contributed by atoms with Crippen LogP contribution in [0, 0.1) is 0 Å².